The summed E-state index contributed by atoms with van der Waals surface area (Å²) in [7, 11) is 0. The third-order valence-electron chi connectivity index (χ3n) is 2.80. The summed E-state index contributed by atoms with van der Waals surface area (Å²) in [4.78, 5) is 23.1. The van der Waals surface area contributed by atoms with Crippen LogP contribution in [0, 0.1) is 13.8 Å². The van der Waals surface area contributed by atoms with Crippen molar-refractivity contribution in [2.45, 2.75) is 26.7 Å². The third kappa shape index (κ3) is 5.09. The van der Waals surface area contributed by atoms with Gasteiger partial charge in [-0.05, 0) is 37.9 Å². The first-order valence-electron chi connectivity index (χ1n) is 6.37. The van der Waals surface area contributed by atoms with Crippen molar-refractivity contribution in [1.29, 1.82) is 0 Å². The fourth-order valence-corrected chi connectivity index (χ4v) is 1.73. The van der Waals surface area contributed by atoms with Crippen molar-refractivity contribution < 1.29 is 9.59 Å². The van der Waals surface area contributed by atoms with Gasteiger partial charge in [0.05, 0.1) is 6.54 Å². The van der Waals surface area contributed by atoms with E-state index in [9.17, 15) is 9.59 Å². The Hall–Kier alpha value is -1.88. The predicted molar refractivity (Wildman–Crippen MR) is 75.8 cm³/mol. The Balaban J connectivity index is 2.45. The first kappa shape index (κ1) is 15.2. The van der Waals surface area contributed by atoms with Crippen molar-refractivity contribution in [3.05, 3.63) is 29.3 Å². The fourth-order valence-electron chi connectivity index (χ4n) is 1.73. The predicted octanol–water partition coefficient (Wildman–Crippen LogP) is 1.10. The molecular weight excluding hydrogens is 242 g/mol. The van der Waals surface area contributed by atoms with Crippen LogP contribution in [0.5, 0.6) is 0 Å². The van der Waals surface area contributed by atoms with E-state index in [2.05, 4.69) is 10.6 Å². The first-order valence-corrected chi connectivity index (χ1v) is 6.37. The summed E-state index contributed by atoms with van der Waals surface area (Å²) in [6, 6.07) is 5.81. The molecule has 0 spiro atoms. The number of benzene rings is 1. The molecule has 5 heteroatoms. The minimum atomic E-state index is -0.224. The minimum absolute atomic E-state index is 0.0167. The fraction of sp³-hybridized carbons (Fsp3) is 0.429. The van der Waals surface area contributed by atoms with Crippen LogP contribution in [0.3, 0.4) is 0 Å². The Morgan fingerprint density at radius 3 is 2.37 bits per heavy atom. The van der Waals surface area contributed by atoms with E-state index >= 15 is 0 Å². The van der Waals surface area contributed by atoms with E-state index in [-0.39, 0.29) is 18.4 Å². The highest BCUT2D eigenvalue weighted by molar-refractivity contribution is 5.95. The van der Waals surface area contributed by atoms with E-state index in [4.69, 9.17) is 5.73 Å². The standard InChI is InChI=1S/C14H21N3O2/c1-10-5-3-6-11(2)14(10)17-13(19)9-16-12(18)7-4-8-15/h3,5-6H,4,7-9,15H2,1-2H3,(H,16,18)(H,17,19). The van der Waals surface area contributed by atoms with Crippen LogP contribution in [0.1, 0.15) is 24.0 Å². The van der Waals surface area contributed by atoms with E-state index in [0.29, 0.717) is 19.4 Å². The highest BCUT2D eigenvalue weighted by atomic mass is 16.2. The lowest BCUT2D eigenvalue weighted by atomic mass is 10.1. The summed E-state index contributed by atoms with van der Waals surface area (Å²) in [5.41, 5.74) is 8.12. The maximum atomic E-state index is 11.7. The molecule has 2 amide bonds. The van der Waals surface area contributed by atoms with Crippen molar-refractivity contribution in [2.75, 3.05) is 18.4 Å². The van der Waals surface area contributed by atoms with Gasteiger partial charge in [-0.1, -0.05) is 18.2 Å². The highest BCUT2D eigenvalue weighted by Gasteiger charge is 2.08. The van der Waals surface area contributed by atoms with E-state index in [0.717, 1.165) is 16.8 Å². The number of amides is 2. The van der Waals surface area contributed by atoms with E-state index < -0.39 is 0 Å². The van der Waals surface area contributed by atoms with Gasteiger partial charge in [-0.15, -0.1) is 0 Å². The number of nitrogens with two attached hydrogens (primary N) is 1. The largest absolute Gasteiger partial charge is 0.347 e. The molecule has 0 aliphatic heterocycles. The summed E-state index contributed by atoms with van der Waals surface area (Å²) >= 11 is 0. The van der Waals surface area contributed by atoms with Crippen LogP contribution < -0.4 is 16.4 Å². The lowest BCUT2D eigenvalue weighted by Gasteiger charge is -2.11. The maximum Gasteiger partial charge on any atom is 0.243 e. The Kier molecular flexibility index (Phi) is 6.02. The van der Waals surface area contributed by atoms with Crippen molar-refractivity contribution in [3.63, 3.8) is 0 Å². The van der Waals surface area contributed by atoms with Crippen LogP contribution in [0.15, 0.2) is 18.2 Å². The highest BCUT2D eigenvalue weighted by Crippen LogP contribution is 2.18. The second kappa shape index (κ2) is 7.53. The number of nitrogens with one attached hydrogen (secondary N) is 2. The van der Waals surface area contributed by atoms with Gasteiger partial charge >= 0.3 is 0 Å². The molecule has 0 saturated carbocycles. The molecule has 5 nitrogen and oxygen atoms in total. The molecule has 1 aromatic rings. The van der Waals surface area contributed by atoms with Crippen molar-refractivity contribution >= 4 is 17.5 Å². The number of aryl methyl sites for hydroxylation is 2. The molecule has 0 aliphatic carbocycles. The zero-order chi connectivity index (χ0) is 14.3. The van der Waals surface area contributed by atoms with E-state index in [1.807, 2.05) is 32.0 Å². The van der Waals surface area contributed by atoms with Crippen LogP contribution in [0.25, 0.3) is 0 Å². The Bertz CT molecular complexity index is 438. The average Bonchev–Trinajstić information content (AvgIpc) is 2.38. The smallest absolute Gasteiger partial charge is 0.243 e. The molecule has 0 fully saturated rings. The second-order valence-electron chi connectivity index (χ2n) is 4.48. The van der Waals surface area contributed by atoms with Crippen LogP contribution in [0.4, 0.5) is 5.69 Å². The van der Waals surface area contributed by atoms with Gasteiger partial charge in [0.1, 0.15) is 0 Å². The molecule has 0 atom stereocenters. The lowest BCUT2D eigenvalue weighted by Crippen LogP contribution is -2.33. The maximum absolute atomic E-state index is 11.7. The first-order chi connectivity index (χ1) is 9.04. The molecule has 0 aromatic heterocycles. The molecule has 0 heterocycles. The molecule has 0 bridgehead atoms. The molecule has 0 saturated heterocycles. The monoisotopic (exact) mass is 263 g/mol. The summed E-state index contributed by atoms with van der Waals surface area (Å²) in [5.74, 6) is -0.374. The normalized spacial score (nSPS) is 10.1. The van der Waals surface area contributed by atoms with Gasteiger partial charge in [-0.3, -0.25) is 9.59 Å². The van der Waals surface area contributed by atoms with Gasteiger partial charge in [0, 0.05) is 12.1 Å². The Morgan fingerprint density at radius 1 is 1.16 bits per heavy atom. The molecule has 104 valence electrons. The summed E-state index contributed by atoms with van der Waals surface area (Å²) in [5, 5.41) is 5.38. The molecule has 0 aliphatic rings. The van der Waals surface area contributed by atoms with E-state index in [1.165, 1.54) is 0 Å². The number of hydrogen-bond donors (Lipinski definition) is 3. The third-order valence-corrected chi connectivity index (χ3v) is 2.80. The molecule has 19 heavy (non-hydrogen) atoms. The van der Waals surface area contributed by atoms with Gasteiger partial charge in [-0.2, -0.15) is 0 Å². The van der Waals surface area contributed by atoms with Gasteiger partial charge in [0.15, 0.2) is 0 Å². The van der Waals surface area contributed by atoms with E-state index in [1.54, 1.807) is 0 Å². The van der Waals surface area contributed by atoms with Crippen LogP contribution in [-0.4, -0.2) is 24.9 Å². The molecule has 1 rings (SSSR count). The van der Waals surface area contributed by atoms with Crippen LogP contribution in [-0.2, 0) is 9.59 Å². The molecule has 0 unspecified atom stereocenters. The van der Waals surface area contributed by atoms with Gasteiger partial charge in [0.25, 0.3) is 0 Å². The number of anilines is 1. The number of carbonyl (C=O) groups excluding carboxylic acids is 2. The van der Waals surface area contributed by atoms with Crippen molar-refractivity contribution in [2.24, 2.45) is 5.73 Å². The number of rotatable bonds is 6. The van der Waals surface area contributed by atoms with Gasteiger partial charge in [0.2, 0.25) is 11.8 Å². The zero-order valence-corrected chi connectivity index (χ0v) is 11.5. The number of carbonyl (C=O) groups is 2. The van der Waals surface area contributed by atoms with Crippen LogP contribution in [0.2, 0.25) is 0 Å². The Morgan fingerprint density at radius 2 is 1.79 bits per heavy atom. The summed E-state index contributed by atoms with van der Waals surface area (Å²) in [6.07, 6.45) is 0.984. The van der Waals surface area contributed by atoms with Crippen molar-refractivity contribution in [1.82, 2.24) is 5.32 Å². The molecular formula is C14H21N3O2. The molecule has 0 radical (unpaired) electrons. The van der Waals surface area contributed by atoms with Gasteiger partial charge < -0.3 is 16.4 Å². The lowest BCUT2D eigenvalue weighted by molar-refractivity contribution is -0.124. The summed E-state index contributed by atoms with van der Waals surface area (Å²) in [6.45, 7) is 4.32. The van der Waals surface area contributed by atoms with Gasteiger partial charge in [-0.25, -0.2) is 0 Å². The quantitative estimate of drug-likeness (QED) is 0.718. The zero-order valence-electron chi connectivity index (χ0n) is 11.5. The van der Waals surface area contributed by atoms with Crippen molar-refractivity contribution in [3.8, 4) is 0 Å². The second-order valence-corrected chi connectivity index (χ2v) is 4.48. The minimum Gasteiger partial charge on any atom is -0.347 e. The SMILES string of the molecule is Cc1cccc(C)c1NC(=O)CNC(=O)CCCN. The number of hydrogen-bond acceptors (Lipinski definition) is 3. The molecule has 1 aromatic carbocycles. The molecule has 4 N–H and O–H groups in total. The number of para-hydroxylation sites is 1. The topological polar surface area (TPSA) is 84.2 Å². The van der Waals surface area contributed by atoms with Crippen LogP contribution >= 0.6 is 0 Å². The Labute approximate surface area is 113 Å². The average molecular weight is 263 g/mol. The summed E-state index contributed by atoms with van der Waals surface area (Å²) < 4.78 is 0.